The maximum Gasteiger partial charge on any atom is 0.321 e. The second-order valence-corrected chi connectivity index (χ2v) is 4.76. The van der Waals surface area contributed by atoms with Gasteiger partial charge in [-0.15, -0.1) is 0 Å². The quantitative estimate of drug-likeness (QED) is 0.607. The highest BCUT2D eigenvalue weighted by Gasteiger charge is 2.50. The van der Waals surface area contributed by atoms with Crippen LogP contribution in [0.3, 0.4) is 0 Å². The van der Waals surface area contributed by atoms with E-state index in [1.807, 2.05) is 0 Å². The van der Waals surface area contributed by atoms with Crippen molar-refractivity contribution >= 4 is 5.97 Å². The second kappa shape index (κ2) is 2.83. The summed E-state index contributed by atoms with van der Waals surface area (Å²) in [7, 11) is 0. The van der Waals surface area contributed by atoms with Crippen molar-refractivity contribution in [3.8, 4) is 0 Å². The molecule has 2 fully saturated rings. The Bertz CT molecular complexity index is 300. The first-order valence-corrected chi connectivity index (χ1v) is 5.42. The third-order valence-corrected chi connectivity index (χ3v) is 4.20. The Kier molecular flexibility index (Phi) is 1.71. The SMILES string of the molecule is O=C(O)[C@H]1NC[C@H]2[C@@H]1[C@H]1C=C[C@@H]2CC1. The zero-order chi connectivity index (χ0) is 9.71. The van der Waals surface area contributed by atoms with Crippen molar-refractivity contribution in [2.45, 2.75) is 18.9 Å². The van der Waals surface area contributed by atoms with Crippen LogP contribution in [-0.2, 0) is 4.79 Å². The van der Waals surface area contributed by atoms with Crippen LogP contribution in [0, 0.1) is 23.7 Å². The Labute approximate surface area is 83.2 Å². The molecular formula is C11H15NO2. The number of carbonyl (C=O) groups is 1. The topological polar surface area (TPSA) is 49.3 Å². The van der Waals surface area contributed by atoms with E-state index in [2.05, 4.69) is 17.5 Å². The van der Waals surface area contributed by atoms with E-state index in [0.717, 1.165) is 6.54 Å². The fourth-order valence-corrected chi connectivity index (χ4v) is 3.58. The van der Waals surface area contributed by atoms with E-state index in [9.17, 15) is 4.79 Å². The van der Waals surface area contributed by atoms with E-state index in [1.54, 1.807) is 0 Å². The first kappa shape index (κ1) is 8.48. The number of aliphatic carboxylic acids is 1. The van der Waals surface area contributed by atoms with Gasteiger partial charge in [0.25, 0.3) is 0 Å². The molecule has 0 radical (unpaired) electrons. The van der Waals surface area contributed by atoms with Gasteiger partial charge < -0.3 is 10.4 Å². The summed E-state index contributed by atoms with van der Waals surface area (Å²) in [6.45, 7) is 0.896. The monoisotopic (exact) mass is 193 g/mol. The van der Waals surface area contributed by atoms with Crippen molar-refractivity contribution in [2.24, 2.45) is 23.7 Å². The zero-order valence-corrected chi connectivity index (χ0v) is 8.02. The van der Waals surface area contributed by atoms with Crippen molar-refractivity contribution in [2.75, 3.05) is 6.54 Å². The fourth-order valence-electron chi connectivity index (χ4n) is 3.58. The second-order valence-electron chi connectivity index (χ2n) is 4.76. The molecule has 3 heteroatoms. The number of nitrogens with one attached hydrogen (secondary N) is 1. The largest absolute Gasteiger partial charge is 0.480 e. The molecule has 3 aliphatic carbocycles. The van der Waals surface area contributed by atoms with Crippen LogP contribution in [0.15, 0.2) is 12.2 Å². The average Bonchev–Trinajstić information content (AvgIpc) is 2.65. The van der Waals surface area contributed by atoms with Gasteiger partial charge in [0.2, 0.25) is 0 Å². The number of allylic oxidation sites excluding steroid dienone is 2. The summed E-state index contributed by atoms with van der Waals surface area (Å²) in [5.74, 6) is 1.43. The van der Waals surface area contributed by atoms with Crippen LogP contribution < -0.4 is 5.32 Å². The molecule has 5 atom stereocenters. The molecule has 0 aromatic heterocycles. The standard InChI is InChI=1S/C11H15NO2/c13-11(14)10-9-7-3-1-6(2-4-7)8(9)5-12-10/h1,3,6-10,12H,2,4-5H2,(H,13,14)/t6-,7+,8-,9+,10+/m1/s1. The lowest BCUT2D eigenvalue weighted by atomic mass is 9.62. The number of hydrogen-bond acceptors (Lipinski definition) is 2. The normalized spacial score (nSPS) is 49.3. The Balaban J connectivity index is 1.92. The van der Waals surface area contributed by atoms with Crippen molar-refractivity contribution in [1.82, 2.24) is 5.32 Å². The maximum atomic E-state index is 11.0. The molecule has 14 heavy (non-hydrogen) atoms. The summed E-state index contributed by atoms with van der Waals surface area (Å²) in [6.07, 6.45) is 7.00. The lowest BCUT2D eigenvalue weighted by Crippen LogP contribution is -2.43. The predicted octanol–water partition coefficient (Wildman–Crippen LogP) is 0.871. The molecule has 1 aliphatic heterocycles. The van der Waals surface area contributed by atoms with Gasteiger partial charge in [-0.05, 0) is 43.1 Å². The molecule has 0 amide bonds. The Morgan fingerprint density at radius 3 is 2.64 bits per heavy atom. The van der Waals surface area contributed by atoms with Crippen LogP contribution in [0.25, 0.3) is 0 Å². The lowest BCUT2D eigenvalue weighted by molar-refractivity contribution is -0.141. The third-order valence-electron chi connectivity index (χ3n) is 4.20. The molecule has 4 aliphatic rings. The minimum Gasteiger partial charge on any atom is -0.480 e. The summed E-state index contributed by atoms with van der Waals surface area (Å²) >= 11 is 0. The zero-order valence-electron chi connectivity index (χ0n) is 8.02. The van der Waals surface area contributed by atoms with Crippen molar-refractivity contribution in [1.29, 1.82) is 0 Å². The average molecular weight is 193 g/mol. The summed E-state index contributed by atoms with van der Waals surface area (Å²) in [5.41, 5.74) is 0. The molecule has 76 valence electrons. The van der Waals surface area contributed by atoms with Crippen LogP contribution >= 0.6 is 0 Å². The van der Waals surface area contributed by atoms with Crippen molar-refractivity contribution in [3.05, 3.63) is 12.2 Å². The minimum absolute atomic E-state index is 0.294. The smallest absolute Gasteiger partial charge is 0.321 e. The van der Waals surface area contributed by atoms with Gasteiger partial charge in [0.15, 0.2) is 0 Å². The van der Waals surface area contributed by atoms with Crippen LogP contribution in [0.4, 0.5) is 0 Å². The van der Waals surface area contributed by atoms with Gasteiger partial charge in [-0.3, -0.25) is 4.79 Å². The summed E-state index contributed by atoms with van der Waals surface area (Å²) in [6, 6.07) is -0.294. The Hall–Kier alpha value is -0.830. The lowest BCUT2D eigenvalue weighted by Gasteiger charge is -2.42. The minimum atomic E-state index is -0.668. The van der Waals surface area contributed by atoms with Gasteiger partial charge in [-0.25, -0.2) is 0 Å². The fraction of sp³-hybridized carbons (Fsp3) is 0.727. The molecule has 4 rings (SSSR count). The van der Waals surface area contributed by atoms with Gasteiger partial charge >= 0.3 is 5.97 Å². The number of rotatable bonds is 1. The van der Waals surface area contributed by atoms with E-state index >= 15 is 0 Å². The van der Waals surface area contributed by atoms with Crippen LogP contribution in [0.5, 0.6) is 0 Å². The van der Waals surface area contributed by atoms with Crippen molar-refractivity contribution in [3.63, 3.8) is 0 Å². The van der Waals surface area contributed by atoms with Gasteiger partial charge in [0.05, 0.1) is 0 Å². The first-order valence-electron chi connectivity index (χ1n) is 5.42. The van der Waals surface area contributed by atoms with Crippen molar-refractivity contribution < 1.29 is 9.90 Å². The van der Waals surface area contributed by atoms with E-state index in [4.69, 9.17) is 5.11 Å². The van der Waals surface area contributed by atoms with E-state index < -0.39 is 5.97 Å². The highest BCUT2D eigenvalue weighted by Crippen LogP contribution is 2.48. The molecule has 3 nitrogen and oxygen atoms in total. The van der Waals surface area contributed by atoms with E-state index in [-0.39, 0.29) is 6.04 Å². The molecule has 0 unspecified atom stereocenters. The number of hydrogen-bond donors (Lipinski definition) is 2. The first-order chi connectivity index (χ1) is 6.77. The van der Waals surface area contributed by atoms with E-state index in [0.29, 0.717) is 23.7 Å². The molecule has 2 bridgehead atoms. The Morgan fingerprint density at radius 2 is 2.00 bits per heavy atom. The summed E-state index contributed by atoms with van der Waals surface area (Å²) < 4.78 is 0. The third kappa shape index (κ3) is 0.989. The molecular weight excluding hydrogens is 178 g/mol. The predicted molar refractivity (Wildman–Crippen MR) is 51.8 cm³/mol. The molecule has 1 saturated heterocycles. The maximum absolute atomic E-state index is 11.0. The highest BCUT2D eigenvalue weighted by molar-refractivity contribution is 5.74. The van der Waals surface area contributed by atoms with Crippen LogP contribution in [-0.4, -0.2) is 23.7 Å². The molecule has 1 saturated carbocycles. The van der Waals surface area contributed by atoms with Gasteiger partial charge in [-0.2, -0.15) is 0 Å². The van der Waals surface area contributed by atoms with Crippen LogP contribution in [0.1, 0.15) is 12.8 Å². The molecule has 0 aromatic rings. The number of fused-ring (bicyclic) bond motifs is 1. The van der Waals surface area contributed by atoms with Gasteiger partial charge in [0, 0.05) is 0 Å². The van der Waals surface area contributed by atoms with E-state index in [1.165, 1.54) is 12.8 Å². The molecule has 0 aromatic carbocycles. The Morgan fingerprint density at radius 1 is 1.29 bits per heavy atom. The summed E-state index contributed by atoms with van der Waals surface area (Å²) in [4.78, 5) is 11.0. The molecule has 2 N–H and O–H groups in total. The highest BCUT2D eigenvalue weighted by atomic mass is 16.4. The number of carboxylic acid groups (broad SMARTS) is 1. The van der Waals surface area contributed by atoms with Gasteiger partial charge in [-0.1, -0.05) is 12.2 Å². The molecule has 1 heterocycles. The summed E-state index contributed by atoms with van der Waals surface area (Å²) in [5, 5.41) is 12.3. The van der Waals surface area contributed by atoms with Crippen LogP contribution in [0.2, 0.25) is 0 Å². The number of carboxylic acids is 1. The molecule has 0 spiro atoms. The van der Waals surface area contributed by atoms with Gasteiger partial charge in [0.1, 0.15) is 6.04 Å².